The molecule has 6 aromatic heterocycles. The van der Waals surface area contributed by atoms with Gasteiger partial charge in [0.1, 0.15) is 63.2 Å². The average Bonchev–Trinajstić information content (AvgIpc) is 1.62. The Morgan fingerprint density at radius 1 is 0.461 bits per heavy atom. The lowest BCUT2D eigenvalue weighted by Gasteiger charge is -2.31. The molecule has 9 heterocycles. The van der Waals surface area contributed by atoms with E-state index in [2.05, 4.69) is 19.9 Å². The first-order valence-corrected chi connectivity index (χ1v) is 32.9. The number of ether oxygens (including phenoxy) is 2. The average molecular weight is 1450 g/mol. The van der Waals surface area contributed by atoms with Gasteiger partial charge in [-0.2, -0.15) is 39.5 Å². The first-order chi connectivity index (χ1) is 47.9. The number of carbonyl (C=O) groups is 2. The van der Waals surface area contributed by atoms with Gasteiger partial charge in [0, 0.05) is 75.6 Å². The van der Waals surface area contributed by atoms with Gasteiger partial charge in [-0.3, -0.25) is 0 Å². The minimum absolute atomic E-state index is 0.0154. The maximum Gasteiger partial charge on any atom is 0.433 e. The van der Waals surface area contributed by atoms with Crippen LogP contribution in [-0.4, -0.2) is 72.1 Å². The van der Waals surface area contributed by atoms with E-state index < -0.39 is 93.9 Å². The number of aromatic nitrogens is 6. The van der Waals surface area contributed by atoms with E-state index in [1.54, 1.807) is 58.6 Å². The summed E-state index contributed by atoms with van der Waals surface area (Å²) in [4.78, 5) is 45.8. The molecule has 102 heavy (non-hydrogen) atoms. The minimum atomic E-state index is -4.64. The van der Waals surface area contributed by atoms with E-state index >= 15 is 0 Å². The first-order valence-electron chi connectivity index (χ1n) is 32.5. The van der Waals surface area contributed by atoms with Crippen molar-refractivity contribution in [2.45, 2.75) is 148 Å². The van der Waals surface area contributed by atoms with Gasteiger partial charge in [0.2, 0.25) is 0 Å². The number of aromatic amines is 1. The Kier molecular flexibility index (Phi) is 19.4. The van der Waals surface area contributed by atoms with Crippen molar-refractivity contribution in [3.63, 3.8) is 0 Å². The number of fused-ring (bicyclic) bond motifs is 3. The molecule has 538 valence electrons. The smallest absolute Gasteiger partial charge is 0.433 e. The van der Waals surface area contributed by atoms with Crippen molar-refractivity contribution in [2.24, 2.45) is 0 Å². The molecule has 0 amide bonds. The predicted molar refractivity (Wildman–Crippen MR) is 350 cm³/mol. The Hall–Kier alpha value is -9.47. The van der Waals surface area contributed by atoms with Crippen molar-refractivity contribution in [3.05, 3.63) is 211 Å². The maximum absolute atomic E-state index is 14.8. The third-order valence-electron chi connectivity index (χ3n) is 17.7. The lowest BCUT2D eigenvalue weighted by Crippen LogP contribution is -2.34. The van der Waals surface area contributed by atoms with Gasteiger partial charge in [-0.25, -0.2) is 60.0 Å². The largest absolute Gasteiger partial charge is 0.443 e. The Balaban J connectivity index is 0.000000145. The molecule has 5 aliphatic rings. The standard InChI is InChI=1S/C27H26F5N3O2.C24H21ClF5N3O2.C22H18F5N3/c1-26(2,3)37-25(36)35-20-9-10-34(14-16(20)11-21(35)24-18(28)5-4-6-19(24)29)22-13-33-23(27(30,31)32)12-17(22)15-7-8-15;1-23(2,3)35-22(34)33-17-7-8-32(19-11-31-20(10-14(19)25)24(28,29)30)12-13(17)9-18(33)21-15(26)5-4-6-16(21)27;23-15-2-1-3-16(24)21(15)18-8-13-11-30(7-6-17(13)29-18)19-10-28-20(22(25,26)27)9-14(19)12-4-5-12/h4-6,11-13,15H,7-10,14H2,1-3H3;4-6,9-11H,7-8,12H2,1-3H3;1-3,8-10,12,29H,4-7,11H2. The molecule has 1 N–H and O–H groups in total. The second-order valence-electron chi connectivity index (χ2n) is 27.4. The normalized spacial score (nSPS) is 15.6. The molecule has 2 fully saturated rings. The van der Waals surface area contributed by atoms with Crippen molar-refractivity contribution in [2.75, 3.05) is 34.3 Å². The fourth-order valence-corrected chi connectivity index (χ4v) is 13.2. The highest BCUT2D eigenvalue weighted by atomic mass is 35.5. The van der Waals surface area contributed by atoms with Crippen LogP contribution in [-0.2, 0) is 66.9 Å². The number of hydrogen-bond acceptors (Lipinski definition) is 10. The van der Waals surface area contributed by atoms with Crippen LogP contribution in [0.15, 0.2) is 110 Å². The minimum Gasteiger partial charge on any atom is -0.443 e. The van der Waals surface area contributed by atoms with Crippen LogP contribution in [0.4, 0.5) is 92.5 Å². The van der Waals surface area contributed by atoms with Gasteiger partial charge in [0.25, 0.3) is 0 Å². The number of H-pyrrole nitrogens is 1. The van der Waals surface area contributed by atoms with Crippen LogP contribution >= 0.6 is 11.6 Å². The van der Waals surface area contributed by atoms with Crippen LogP contribution in [0.25, 0.3) is 33.8 Å². The molecule has 2 aliphatic carbocycles. The highest BCUT2D eigenvalue weighted by Crippen LogP contribution is 2.49. The van der Waals surface area contributed by atoms with Crippen molar-refractivity contribution < 1.29 is 84.9 Å². The summed E-state index contributed by atoms with van der Waals surface area (Å²) in [7, 11) is 0. The molecule has 0 saturated heterocycles. The summed E-state index contributed by atoms with van der Waals surface area (Å²) in [5.41, 5.74) is 1.78. The summed E-state index contributed by atoms with van der Waals surface area (Å²) in [6.45, 7) is 12.1. The number of rotatable bonds is 8. The molecule has 0 radical (unpaired) electrons. The highest BCUT2D eigenvalue weighted by Gasteiger charge is 2.41. The second-order valence-corrected chi connectivity index (χ2v) is 27.9. The predicted octanol–water partition coefficient (Wildman–Crippen LogP) is 19.7. The molecule has 9 aromatic rings. The number of carbonyl (C=O) groups excluding carboxylic acids is 2. The zero-order chi connectivity index (χ0) is 73.4. The third kappa shape index (κ3) is 15.5. The van der Waals surface area contributed by atoms with Gasteiger partial charge in [0.05, 0.1) is 74.4 Å². The molecule has 0 atom stereocenters. The zero-order valence-electron chi connectivity index (χ0n) is 55.5. The molecular formula is C73H65ClF15N9O4. The van der Waals surface area contributed by atoms with E-state index in [0.29, 0.717) is 83.2 Å². The van der Waals surface area contributed by atoms with E-state index in [1.807, 2.05) is 9.80 Å². The molecule has 0 bridgehead atoms. The van der Waals surface area contributed by atoms with Crippen LogP contribution in [0.5, 0.6) is 0 Å². The number of pyridine rings is 3. The van der Waals surface area contributed by atoms with E-state index in [0.717, 1.165) is 84.1 Å². The lowest BCUT2D eigenvalue weighted by atomic mass is 10.0. The third-order valence-corrected chi connectivity index (χ3v) is 18.0. The molecule has 29 heteroatoms. The first kappa shape index (κ1) is 72.3. The topological polar surface area (TPSA) is 127 Å². The number of anilines is 3. The Morgan fingerprint density at radius 3 is 1.17 bits per heavy atom. The Morgan fingerprint density at radius 2 is 0.804 bits per heavy atom. The molecule has 3 aromatic carbocycles. The highest BCUT2D eigenvalue weighted by molar-refractivity contribution is 6.33. The summed E-state index contributed by atoms with van der Waals surface area (Å²) in [6.07, 6.45) is -7.10. The van der Waals surface area contributed by atoms with Crippen LogP contribution in [0, 0.1) is 34.9 Å². The molecule has 3 aliphatic heterocycles. The van der Waals surface area contributed by atoms with Gasteiger partial charge in [-0.1, -0.05) is 29.8 Å². The fraction of sp³-hybridized carbons (Fsp3) is 0.356. The van der Waals surface area contributed by atoms with Gasteiger partial charge < -0.3 is 29.2 Å². The van der Waals surface area contributed by atoms with Crippen LogP contribution in [0.3, 0.4) is 0 Å². The van der Waals surface area contributed by atoms with Crippen LogP contribution in [0.1, 0.15) is 141 Å². The van der Waals surface area contributed by atoms with E-state index in [4.69, 9.17) is 21.1 Å². The second kappa shape index (κ2) is 27.4. The van der Waals surface area contributed by atoms with Crippen molar-refractivity contribution >= 4 is 40.8 Å². The molecule has 2 saturated carbocycles. The molecular weight excluding hydrogens is 1390 g/mol. The number of hydrogen-bond donors (Lipinski definition) is 1. The number of alkyl halides is 9. The van der Waals surface area contributed by atoms with Gasteiger partial charge >= 0.3 is 30.7 Å². The SMILES string of the molecule is CC(C)(C)OC(=O)n1c(-c2c(F)cccc2F)cc2c1CCN(c1cnc(C(F)(F)F)cc1C1CC1)C2.CC(C)(C)OC(=O)n1c(-c2c(F)cccc2F)cc2c1CCN(c1cnc(C(F)(F)F)cc1Cl)C2.Fc1cccc(F)c1-c1cc2c([nH]1)CCN(c1cnc(C(F)(F)F)cc1C1CC1)C2. The number of benzene rings is 3. The lowest BCUT2D eigenvalue weighted by molar-refractivity contribution is -0.142. The summed E-state index contributed by atoms with van der Waals surface area (Å²) in [6, 6.07) is 18.4. The quantitative estimate of drug-likeness (QED) is 0.147. The maximum atomic E-state index is 14.8. The van der Waals surface area contributed by atoms with Gasteiger partial charge in [0.15, 0.2) is 0 Å². The van der Waals surface area contributed by atoms with Crippen molar-refractivity contribution in [3.8, 4) is 33.8 Å². The van der Waals surface area contributed by atoms with Crippen molar-refractivity contribution in [1.29, 1.82) is 0 Å². The fourth-order valence-electron chi connectivity index (χ4n) is 12.9. The summed E-state index contributed by atoms with van der Waals surface area (Å²) in [5, 5.41) is -0.136. The van der Waals surface area contributed by atoms with Crippen molar-refractivity contribution in [1.82, 2.24) is 29.1 Å². The molecule has 13 nitrogen and oxygen atoms in total. The summed E-state index contributed by atoms with van der Waals surface area (Å²) in [5.74, 6) is -4.47. The summed E-state index contributed by atoms with van der Waals surface area (Å²) < 4.78 is 219. The Bertz CT molecular complexity index is 4650. The zero-order valence-corrected chi connectivity index (χ0v) is 56.3. The molecule has 0 spiro atoms. The summed E-state index contributed by atoms with van der Waals surface area (Å²) >= 11 is 6.13. The number of halogens is 16. The number of nitrogens with zero attached hydrogens (tertiary/aromatic N) is 8. The monoisotopic (exact) mass is 1450 g/mol. The molecule has 0 unspecified atom stereocenters. The molecule has 14 rings (SSSR count). The van der Waals surface area contributed by atoms with E-state index in [1.165, 1.54) is 59.4 Å². The Labute approximate surface area is 579 Å². The van der Waals surface area contributed by atoms with Gasteiger partial charge in [-0.15, -0.1) is 0 Å². The number of nitrogens with one attached hydrogen (secondary N) is 1. The van der Waals surface area contributed by atoms with E-state index in [-0.39, 0.29) is 76.7 Å². The van der Waals surface area contributed by atoms with Crippen LogP contribution < -0.4 is 14.7 Å². The van der Waals surface area contributed by atoms with Gasteiger partial charge in [-0.05, 0) is 180 Å². The van der Waals surface area contributed by atoms with E-state index in [9.17, 15) is 75.4 Å². The van der Waals surface area contributed by atoms with Crippen LogP contribution in [0.2, 0.25) is 5.02 Å².